The summed E-state index contributed by atoms with van der Waals surface area (Å²) >= 11 is 0. The van der Waals surface area contributed by atoms with E-state index in [0.717, 1.165) is 63.4 Å². The molecule has 0 saturated carbocycles. The number of aromatic amines is 1. The van der Waals surface area contributed by atoms with E-state index in [2.05, 4.69) is 43.0 Å². The van der Waals surface area contributed by atoms with Crippen molar-refractivity contribution in [2.45, 2.75) is 28.7 Å². The first kappa shape index (κ1) is 29.0. The number of benzene rings is 3. The third-order valence-electron chi connectivity index (χ3n) is 8.04. The van der Waals surface area contributed by atoms with Crippen LogP contribution in [0.25, 0.3) is 10.9 Å². The number of nitrogens with zero attached hydrogens (tertiary/aromatic N) is 3. The summed E-state index contributed by atoms with van der Waals surface area (Å²) in [6, 6.07) is 12.3. The lowest BCUT2D eigenvalue weighted by Crippen LogP contribution is -2.44. The quantitative estimate of drug-likeness (QED) is 0.238. The number of hydrogen-bond donors (Lipinski definition) is 4. The average Bonchev–Trinajstić information content (AvgIpc) is 3.66. The van der Waals surface area contributed by atoms with Gasteiger partial charge in [-0.1, -0.05) is 0 Å². The third kappa shape index (κ3) is 6.19. The first-order valence-electron chi connectivity index (χ1n) is 14.2. The Labute approximate surface area is 248 Å². The molecule has 226 valence electrons. The van der Waals surface area contributed by atoms with Crippen molar-refractivity contribution < 1.29 is 22.0 Å². The van der Waals surface area contributed by atoms with E-state index >= 15 is 0 Å². The highest BCUT2D eigenvalue weighted by molar-refractivity contribution is 7.91. The van der Waals surface area contributed by atoms with Gasteiger partial charge < -0.3 is 25.8 Å². The topological polar surface area (TPSA) is 122 Å². The highest BCUT2D eigenvalue weighted by Gasteiger charge is 2.23. The molecule has 4 N–H and O–H groups in total. The van der Waals surface area contributed by atoms with Gasteiger partial charge in [-0.2, -0.15) is 5.10 Å². The number of piperazine rings is 1. The Morgan fingerprint density at radius 1 is 1.00 bits per heavy atom. The van der Waals surface area contributed by atoms with Crippen LogP contribution in [0.2, 0.25) is 0 Å². The number of hydrogen-bond acceptors (Lipinski definition) is 8. The molecule has 2 saturated heterocycles. The molecule has 13 heteroatoms. The Balaban J connectivity index is 1.28. The number of anilines is 3. The van der Waals surface area contributed by atoms with Gasteiger partial charge in [-0.3, -0.25) is 9.89 Å². The summed E-state index contributed by atoms with van der Waals surface area (Å²) in [4.78, 5) is 17.5. The summed E-state index contributed by atoms with van der Waals surface area (Å²) in [5.41, 5.74) is 2.63. The van der Waals surface area contributed by atoms with Crippen molar-refractivity contribution in [2.24, 2.45) is 0 Å². The standard InChI is InChI=1S/C30H33F2N7O3S/c1-38-9-11-39(12-10-38)22-4-6-25(28(16-22)34-18-21-3-2-8-33-21)30(40)35-29-26-17-23(5-7-27(26)36-37-29)43(41,42)24-14-19(31)13-20(32)15-24/h4-7,13-17,21,33-34H,2-3,8-12,18H2,1H3,(H2,35,36,37,40). The van der Waals surface area contributed by atoms with Gasteiger partial charge in [0.2, 0.25) is 9.84 Å². The number of H-pyrrole nitrogens is 1. The van der Waals surface area contributed by atoms with Crippen LogP contribution in [0.4, 0.5) is 26.0 Å². The van der Waals surface area contributed by atoms with Crippen LogP contribution in [0.15, 0.2) is 64.4 Å². The minimum atomic E-state index is -4.25. The highest BCUT2D eigenvalue weighted by atomic mass is 32.2. The minimum absolute atomic E-state index is 0.133. The third-order valence-corrected chi connectivity index (χ3v) is 9.77. The molecule has 0 radical (unpaired) electrons. The summed E-state index contributed by atoms with van der Waals surface area (Å²) in [7, 11) is -2.15. The predicted molar refractivity (Wildman–Crippen MR) is 162 cm³/mol. The molecule has 2 fully saturated rings. The number of likely N-dealkylation sites (N-methyl/N-ethyl adjacent to an activating group) is 1. The summed E-state index contributed by atoms with van der Waals surface area (Å²) in [5, 5.41) is 17.1. The largest absolute Gasteiger partial charge is 0.383 e. The van der Waals surface area contributed by atoms with Gasteiger partial charge in [0.05, 0.1) is 20.9 Å². The first-order chi connectivity index (χ1) is 20.7. The molecule has 4 aromatic rings. The average molecular weight is 610 g/mol. The summed E-state index contributed by atoms with van der Waals surface area (Å²) in [6.45, 7) is 5.32. The minimum Gasteiger partial charge on any atom is -0.383 e. The van der Waals surface area contributed by atoms with Gasteiger partial charge in [0, 0.05) is 61.6 Å². The smallest absolute Gasteiger partial charge is 0.258 e. The molecular formula is C30H33F2N7O3S. The molecule has 3 aromatic carbocycles. The van der Waals surface area contributed by atoms with Crippen LogP contribution in [-0.4, -0.2) is 81.8 Å². The lowest BCUT2D eigenvalue weighted by molar-refractivity contribution is 0.102. The second-order valence-corrected chi connectivity index (χ2v) is 13.0. The molecule has 0 bridgehead atoms. The maximum atomic E-state index is 13.8. The molecule has 1 unspecified atom stereocenters. The van der Waals surface area contributed by atoms with Crippen molar-refractivity contribution in [3.63, 3.8) is 0 Å². The van der Waals surface area contributed by atoms with Gasteiger partial charge in [-0.15, -0.1) is 0 Å². The lowest BCUT2D eigenvalue weighted by Gasteiger charge is -2.34. The zero-order valence-corrected chi connectivity index (χ0v) is 24.5. The van der Waals surface area contributed by atoms with E-state index in [1.54, 1.807) is 6.07 Å². The summed E-state index contributed by atoms with van der Waals surface area (Å²) < 4.78 is 54.0. The number of halogens is 2. The van der Waals surface area contributed by atoms with Gasteiger partial charge >= 0.3 is 0 Å². The fraction of sp³-hybridized carbons (Fsp3) is 0.333. The molecule has 43 heavy (non-hydrogen) atoms. The van der Waals surface area contributed by atoms with Crippen LogP contribution in [-0.2, 0) is 9.84 Å². The van der Waals surface area contributed by atoms with E-state index in [-0.39, 0.29) is 10.7 Å². The number of carbonyl (C=O) groups excluding carboxylic acids is 1. The number of aromatic nitrogens is 2. The van der Waals surface area contributed by atoms with E-state index in [4.69, 9.17) is 0 Å². The van der Waals surface area contributed by atoms with Crippen LogP contribution in [0.3, 0.4) is 0 Å². The van der Waals surface area contributed by atoms with E-state index in [1.807, 2.05) is 12.1 Å². The molecular weight excluding hydrogens is 576 g/mol. The normalized spacial score (nSPS) is 17.8. The van der Waals surface area contributed by atoms with Crippen LogP contribution in [0.5, 0.6) is 0 Å². The van der Waals surface area contributed by atoms with Crippen LogP contribution >= 0.6 is 0 Å². The molecule has 1 amide bonds. The van der Waals surface area contributed by atoms with Crippen LogP contribution in [0.1, 0.15) is 23.2 Å². The molecule has 10 nitrogen and oxygen atoms in total. The van der Waals surface area contributed by atoms with E-state index in [0.29, 0.717) is 40.8 Å². The van der Waals surface area contributed by atoms with Crippen LogP contribution in [0, 0.1) is 11.6 Å². The molecule has 6 rings (SSSR count). The van der Waals surface area contributed by atoms with Gasteiger partial charge in [0.25, 0.3) is 5.91 Å². The molecule has 1 aromatic heterocycles. The van der Waals surface area contributed by atoms with Gasteiger partial charge in [-0.05, 0) is 75.0 Å². The Morgan fingerprint density at radius 2 is 1.77 bits per heavy atom. The number of amides is 1. The van der Waals surface area contributed by atoms with Gasteiger partial charge in [0.15, 0.2) is 5.82 Å². The van der Waals surface area contributed by atoms with Crippen LogP contribution < -0.4 is 20.9 Å². The molecule has 0 spiro atoms. The lowest BCUT2D eigenvalue weighted by atomic mass is 10.1. The SMILES string of the molecule is CN1CCN(c2ccc(C(=O)Nc3n[nH]c4ccc(S(=O)(=O)c5cc(F)cc(F)c5)cc34)c(NCC3CCCN3)c2)CC1. The van der Waals surface area contributed by atoms with E-state index < -0.39 is 32.3 Å². The summed E-state index contributed by atoms with van der Waals surface area (Å²) in [6.07, 6.45) is 2.17. The van der Waals surface area contributed by atoms with Gasteiger partial charge in [0.1, 0.15) is 11.6 Å². The molecule has 2 aliphatic rings. The van der Waals surface area contributed by atoms with Crippen molar-refractivity contribution >= 4 is 43.8 Å². The predicted octanol–water partition coefficient (Wildman–Crippen LogP) is 3.84. The number of nitrogens with one attached hydrogen (secondary N) is 4. The van der Waals surface area contributed by atoms with E-state index in [1.165, 1.54) is 18.2 Å². The monoisotopic (exact) mass is 609 g/mol. The highest BCUT2D eigenvalue weighted by Crippen LogP contribution is 2.30. The first-order valence-corrected chi connectivity index (χ1v) is 15.7. The second-order valence-electron chi connectivity index (χ2n) is 11.0. The van der Waals surface area contributed by atoms with Crippen molar-refractivity contribution in [2.75, 3.05) is 61.8 Å². The number of rotatable bonds is 8. The number of fused-ring (bicyclic) bond motifs is 1. The second kappa shape index (κ2) is 11.9. The van der Waals surface area contributed by atoms with Crippen molar-refractivity contribution in [1.82, 2.24) is 20.4 Å². The maximum Gasteiger partial charge on any atom is 0.258 e. The number of carbonyl (C=O) groups is 1. The van der Waals surface area contributed by atoms with Gasteiger partial charge in [-0.25, -0.2) is 17.2 Å². The molecule has 3 heterocycles. The maximum absolute atomic E-state index is 13.8. The fourth-order valence-corrected chi connectivity index (χ4v) is 6.88. The molecule has 1 atom stereocenters. The zero-order chi connectivity index (χ0) is 30.1. The van der Waals surface area contributed by atoms with E-state index in [9.17, 15) is 22.0 Å². The number of sulfone groups is 1. The molecule has 0 aliphatic carbocycles. The Hall–Kier alpha value is -4.07. The Morgan fingerprint density at radius 3 is 2.49 bits per heavy atom. The van der Waals surface area contributed by atoms with Crippen molar-refractivity contribution in [3.8, 4) is 0 Å². The Kier molecular flexibility index (Phi) is 8.03. The van der Waals surface area contributed by atoms with Crippen molar-refractivity contribution in [3.05, 3.63) is 71.8 Å². The fourth-order valence-electron chi connectivity index (χ4n) is 5.55. The van der Waals surface area contributed by atoms with Crippen molar-refractivity contribution in [1.29, 1.82) is 0 Å². The zero-order valence-electron chi connectivity index (χ0n) is 23.7. The summed E-state index contributed by atoms with van der Waals surface area (Å²) in [5.74, 6) is -2.28. The molecule has 2 aliphatic heterocycles. The Bertz CT molecular complexity index is 1740.